The third-order valence-corrected chi connectivity index (χ3v) is 3.63. The zero-order chi connectivity index (χ0) is 17.8. The predicted octanol–water partition coefficient (Wildman–Crippen LogP) is 3.39. The fraction of sp³-hybridized carbons (Fsp3) is 0.222. The largest absolute Gasteiger partial charge is 0.439 e. The van der Waals surface area contributed by atoms with Crippen molar-refractivity contribution in [2.45, 2.75) is 6.54 Å². The van der Waals surface area contributed by atoms with Gasteiger partial charge in [-0.25, -0.2) is 13.8 Å². The molecule has 0 unspecified atom stereocenters. The van der Waals surface area contributed by atoms with E-state index in [1.165, 1.54) is 12.0 Å². The van der Waals surface area contributed by atoms with Gasteiger partial charge in [0.15, 0.2) is 5.58 Å². The highest BCUT2D eigenvalue weighted by Gasteiger charge is 2.20. The van der Waals surface area contributed by atoms with E-state index < -0.39 is 17.5 Å². The van der Waals surface area contributed by atoms with E-state index in [4.69, 9.17) is 9.15 Å². The number of nitrogens with zero attached hydrogens (tertiary/aromatic N) is 2. The number of para-hydroxylation sites is 2. The van der Waals surface area contributed by atoms with Gasteiger partial charge in [0.1, 0.15) is 17.2 Å². The van der Waals surface area contributed by atoms with Crippen molar-refractivity contribution in [1.82, 2.24) is 9.88 Å². The molecule has 0 aliphatic rings. The molecule has 0 saturated heterocycles. The first-order chi connectivity index (χ1) is 12.1. The van der Waals surface area contributed by atoms with Crippen LogP contribution in [0.5, 0.6) is 0 Å². The maximum absolute atomic E-state index is 13.4. The lowest BCUT2D eigenvalue weighted by Gasteiger charge is -2.21. The molecule has 3 aromatic rings. The first-order valence-corrected chi connectivity index (χ1v) is 7.65. The summed E-state index contributed by atoms with van der Waals surface area (Å²) in [5.41, 5.74) is 1.20. The molecule has 25 heavy (non-hydrogen) atoms. The van der Waals surface area contributed by atoms with E-state index >= 15 is 0 Å². The number of carbonyl (C=O) groups is 1. The molecular formula is C18H16F2N2O3. The first kappa shape index (κ1) is 17.0. The minimum absolute atomic E-state index is 0.0645. The minimum atomic E-state index is -0.808. The van der Waals surface area contributed by atoms with Crippen molar-refractivity contribution in [3.8, 4) is 0 Å². The number of halogens is 2. The summed E-state index contributed by atoms with van der Waals surface area (Å²) < 4.78 is 37.4. The minimum Gasteiger partial charge on any atom is -0.439 e. The molecule has 2 aromatic carbocycles. The van der Waals surface area contributed by atoms with E-state index in [0.29, 0.717) is 17.0 Å². The molecule has 1 aromatic heterocycles. The molecule has 5 nitrogen and oxygen atoms in total. The number of carbonyl (C=O) groups excluding carboxylic acids is 1. The van der Waals surface area contributed by atoms with Crippen molar-refractivity contribution in [2.24, 2.45) is 0 Å². The van der Waals surface area contributed by atoms with Crippen LogP contribution in [0.2, 0.25) is 0 Å². The number of hydrogen-bond acceptors (Lipinski definition) is 4. The average molecular weight is 346 g/mol. The van der Waals surface area contributed by atoms with Crippen molar-refractivity contribution in [1.29, 1.82) is 0 Å². The van der Waals surface area contributed by atoms with E-state index in [0.717, 1.165) is 18.2 Å². The Bertz CT molecular complexity index is 842. The summed E-state index contributed by atoms with van der Waals surface area (Å²) >= 11 is 0. The highest BCUT2D eigenvalue weighted by atomic mass is 19.1. The third-order valence-electron chi connectivity index (χ3n) is 3.63. The van der Waals surface area contributed by atoms with Crippen molar-refractivity contribution in [3.63, 3.8) is 0 Å². The van der Waals surface area contributed by atoms with Gasteiger partial charge in [0.05, 0.1) is 13.2 Å². The molecule has 0 atom stereocenters. The van der Waals surface area contributed by atoms with Crippen LogP contribution >= 0.6 is 0 Å². The second-order valence-electron chi connectivity index (χ2n) is 5.45. The number of methoxy groups -OCH3 is 1. The summed E-state index contributed by atoms with van der Waals surface area (Å²) in [6, 6.07) is 9.94. The fourth-order valence-electron chi connectivity index (χ4n) is 2.46. The smallest absolute Gasteiger partial charge is 0.254 e. The summed E-state index contributed by atoms with van der Waals surface area (Å²) in [6.45, 7) is 0.560. The second kappa shape index (κ2) is 7.40. The zero-order valence-electron chi connectivity index (χ0n) is 13.5. The van der Waals surface area contributed by atoms with Crippen LogP contribution in [-0.2, 0) is 11.3 Å². The number of amides is 1. The number of benzene rings is 2. The van der Waals surface area contributed by atoms with Crippen LogP contribution in [0.3, 0.4) is 0 Å². The Hall–Kier alpha value is -2.80. The molecule has 1 heterocycles. The molecule has 0 aliphatic heterocycles. The molecule has 0 bridgehead atoms. The number of ether oxygens (including phenoxy) is 1. The van der Waals surface area contributed by atoms with E-state index in [1.807, 2.05) is 12.1 Å². The number of fused-ring (bicyclic) bond motifs is 1. The molecule has 3 rings (SSSR count). The van der Waals surface area contributed by atoms with E-state index in [2.05, 4.69) is 4.98 Å². The van der Waals surface area contributed by atoms with Gasteiger partial charge in [-0.3, -0.25) is 4.79 Å². The molecule has 1 amide bonds. The predicted molar refractivity (Wildman–Crippen MR) is 87.0 cm³/mol. The number of aromatic nitrogens is 1. The standard InChI is InChI=1S/C18H16F2N2O3/c1-24-7-6-22(18(23)12-8-13(19)10-14(20)9-12)11-17-21-15-4-2-3-5-16(15)25-17/h2-5,8-10H,6-7,11H2,1H3. The van der Waals surface area contributed by atoms with Gasteiger partial charge in [-0.2, -0.15) is 0 Å². The number of hydrogen-bond donors (Lipinski definition) is 0. The topological polar surface area (TPSA) is 55.6 Å². The highest BCUT2D eigenvalue weighted by molar-refractivity contribution is 5.94. The van der Waals surface area contributed by atoms with Crippen LogP contribution < -0.4 is 0 Å². The maximum atomic E-state index is 13.4. The molecule has 0 saturated carbocycles. The lowest BCUT2D eigenvalue weighted by atomic mass is 10.2. The van der Waals surface area contributed by atoms with E-state index in [1.54, 1.807) is 12.1 Å². The van der Waals surface area contributed by atoms with Gasteiger partial charge in [-0.15, -0.1) is 0 Å². The molecule has 7 heteroatoms. The van der Waals surface area contributed by atoms with Gasteiger partial charge in [-0.1, -0.05) is 12.1 Å². The van der Waals surface area contributed by atoms with Gasteiger partial charge in [-0.05, 0) is 24.3 Å². The summed E-state index contributed by atoms with van der Waals surface area (Å²) in [5, 5.41) is 0. The van der Waals surface area contributed by atoms with Gasteiger partial charge >= 0.3 is 0 Å². The number of oxazole rings is 1. The van der Waals surface area contributed by atoms with Gasteiger partial charge in [0.2, 0.25) is 5.89 Å². The van der Waals surface area contributed by atoms with Crippen molar-refractivity contribution in [3.05, 3.63) is 65.6 Å². The van der Waals surface area contributed by atoms with Crippen molar-refractivity contribution in [2.75, 3.05) is 20.3 Å². The summed E-state index contributed by atoms with van der Waals surface area (Å²) in [5.74, 6) is -1.81. The summed E-state index contributed by atoms with van der Waals surface area (Å²) in [4.78, 5) is 18.3. The molecule has 0 spiro atoms. The average Bonchev–Trinajstić information content (AvgIpc) is 2.99. The van der Waals surface area contributed by atoms with Crippen LogP contribution in [0.25, 0.3) is 11.1 Å². The van der Waals surface area contributed by atoms with Gasteiger partial charge in [0.25, 0.3) is 5.91 Å². The van der Waals surface area contributed by atoms with E-state index in [9.17, 15) is 13.6 Å². The van der Waals surface area contributed by atoms with Crippen LogP contribution in [0, 0.1) is 11.6 Å². The van der Waals surface area contributed by atoms with Crippen LogP contribution in [0.15, 0.2) is 46.9 Å². The third kappa shape index (κ3) is 4.00. The van der Waals surface area contributed by atoms with Crippen LogP contribution in [0.4, 0.5) is 8.78 Å². The normalized spacial score (nSPS) is 11.0. The monoisotopic (exact) mass is 346 g/mol. The van der Waals surface area contributed by atoms with Crippen LogP contribution in [-0.4, -0.2) is 36.1 Å². The molecule has 0 N–H and O–H groups in total. The van der Waals surface area contributed by atoms with Crippen molar-refractivity contribution < 1.29 is 22.7 Å². The SMILES string of the molecule is COCCN(Cc1nc2ccccc2o1)C(=O)c1cc(F)cc(F)c1. The second-order valence-corrected chi connectivity index (χ2v) is 5.45. The molecule has 130 valence electrons. The van der Waals surface area contributed by atoms with Gasteiger partial charge < -0.3 is 14.1 Å². The zero-order valence-corrected chi connectivity index (χ0v) is 13.5. The first-order valence-electron chi connectivity index (χ1n) is 7.65. The summed E-state index contributed by atoms with van der Waals surface area (Å²) in [6.07, 6.45) is 0. The van der Waals surface area contributed by atoms with Gasteiger partial charge in [0, 0.05) is 25.3 Å². The maximum Gasteiger partial charge on any atom is 0.254 e. The number of rotatable bonds is 6. The Labute approximate surface area is 142 Å². The molecular weight excluding hydrogens is 330 g/mol. The van der Waals surface area contributed by atoms with Crippen LogP contribution in [0.1, 0.15) is 16.2 Å². The highest BCUT2D eigenvalue weighted by Crippen LogP contribution is 2.18. The van der Waals surface area contributed by atoms with Crippen molar-refractivity contribution >= 4 is 17.0 Å². The lowest BCUT2D eigenvalue weighted by molar-refractivity contribution is 0.0663. The Morgan fingerprint density at radius 1 is 1.20 bits per heavy atom. The van der Waals surface area contributed by atoms with E-state index in [-0.39, 0.29) is 25.3 Å². The molecule has 0 aliphatic carbocycles. The molecule has 0 radical (unpaired) electrons. The Morgan fingerprint density at radius 3 is 2.60 bits per heavy atom. The lowest BCUT2D eigenvalue weighted by Crippen LogP contribution is -2.33. The quantitative estimate of drug-likeness (QED) is 0.686. The Balaban J connectivity index is 1.86. The summed E-state index contributed by atoms with van der Waals surface area (Å²) in [7, 11) is 1.50. The molecule has 0 fully saturated rings. The Morgan fingerprint density at radius 2 is 1.92 bits per heavy atom. The Kier molecular flexibility index (Phi) is 5.04. The fourth-order valence-corrected chi connectivity index (χ4v) is 2.46.